The molecular formula is C21H18N2O5S2. The fourth-order valence-corrected chi connectivity index (χ4v) is 4.77. The van der Waals surface area contributed by atoms with Crippen LogP contribution in [0, 0.1) is 0 Å². The number of anilines is 2. The maximum Gasteiger partial charge on any atom is 0.341 e. The summed E-state index contributed by atoms with van der Waals surface area (Å²) in [6.07, 6.45) is 0. The molecule has 154 valence electrons. The van der Waals surface area contributed by atoms with E-state index >= 15 is 0 Å². The number of carbonyl (C=O) groups is 3. The molecular weight excluding hydrogens is 424 g/mol. The second-order valence-corrected chi connectivity index (χ2v) is 8.42. The van der Waals surface area contributed by atoms with Gasteiger partial charge in [0.1, 0.15) is 16.3 Å². The summed E-state index contributed by atoms with van der Waals surface area (Å²) in [5.41, 5.74) is -0.366. The van der Waals surface area contributed by atoms with Gasteiger partial charge in [0, 0.05) is 15.8 Å². The molecule has 1 unspecified atom stereocenters. The summed E-state index contributed by atoms with van der Waals surface area (Å²) in [6.45, 7) is 3.31. The quantitative estimate of drug-likeness (QED) is 0.452. The van der Waals surface area contributed by atoms with Gasteiger partial charge in [-0.05, 0) is 37.4 Å². The average molecular weight is 443 g/mol. The predicted octanol–water partition coefficient (Wildman–Crippen LogP) is 4.38. The van der Waals surface area contributed by atoms with Crippen LogP contribution in [0.5, 0.6) is 5.75 Å². The third-order valence-electron chi connectivity index (χ3n) is 4.60. The molecule has 7 nitrogen and oxygen atoms in total. The Balaban J connectivity index is 1.66. The molecule has 0 aliphatic carbocycles. The number of fused-ring (bicyclic) bond motifs is 1. The number of nitrogens with one attached hydrogen (secondary N) is 2. The Kier molecular flexibility index (Phi) is 5.31. The van der Waals surface area contributed by atoms with Crippen LogP contribution in [0.25, 0.3) is 10.4 Å². The van der Waals surface area contributed by atoms with Crippen molar-refractivity contribution in [2.24, 2.45) is 0 Å². The number of carbonyl (C=O) groups excluding carboxylic acids is 3. The van der Waals surface area contributed by atoms with Gasteiger partial charge in [-0.25, -0.2) is 4.79 Å². The zero-order chi connectivity index (χ0) is 21.3. The van der Waals surface area contributed by atoms with Crippen molar-refractivity contribution in [2.45, 2.75) is 19.4 Å². The lowest BCUT2D eigenvalue weighted by molar-refractivity contribution is -0.143. The number of ether oxygens (including phenoxy) is 2. The first kappa shape index (κ1) is 20.1. The van der Waals surface area contributed by atoms with Gasteiger partial charge < -0.3 is 20.1 Å². The highest BCUT2D eigenvalue weighted by Gasteiger charge is 2.47. The molecule has 0 bridgehead atoms. The molecule has 30 heavy (non-hydrogen) atoms. The van der Waals surface area contributed by atoms with Gasteiger partial charge >= 0.3 is 5.97 Å². The average Bonchev–Trinajstić information content (AvgIpc) is 3.38. The first-order valence-electron chi connectivity index (χ1n) is 9.17. The maximum atomic E-state index is 13.1. The molecule has 0 spiro atoms. The molecule has 2 N–H and O–H groups in total. The van der Waals surface area contributed by atoms with E-state index in [0.29, 0.717) is 22.0 Å². The fraction of sp³-hybridized carbons (Fsp3) is 0.190. The van der Waals surface area contributed by atoms with Gasteiger partial charge in [0.15, 0.2) is 0 Å². The lowest BCUT2D eigenvalue weighted by Crippen LogP contribution is -2.56. The molecule has 1 aromatic carbocycles. The number of hydrogen-bond acceptors (Lipinski definition) is 7. The molecule has 1 aliphatic heterocycles. The van der Waals surface area contributed by atoms with Gasteiger partial charge in [-0.3, -0.25) is 9.59 Å². The van der Waals surface area contributed by atoms with Crippen LogP contribution >= 0.6 is 22.7 Å². The van der Waals surface area contributed by atoms with E-state index in [1.165, 1.54) is 29.6 Å². The van der Waals surface area contributed by atoms with Crippen molar-refractivity contribution in [3.05, 3.63) is 52.7 Å². The van der Waals surface area contributed by atoms with E-state index in [-0.39, 0.29) is 12.2 Å². The summed E-state index contributed by atoms with van der Waals surface area (Å²) >= 11 is 2.67. The summed E-state index contributed by atoms with van der Waals surface area (Å²) in [5, 5.41) is 9.38. The minimum atomic E-state index is -1.80. The Hall–Kier alpha value is -3.17. The molecule has 0 saturated heterocycles. The van der Waals surface area contributed by atoms with Crippen molar-refractivity contribution >= 4 is 51.1 Å². The second kappa shape index (κ2) is 7.92. The van der Waals surface area contributed by atoms with Crippen LogP contribution in [0.2, 0.25) is 0 Å². The van der Waals surface area contributed by atoms with Crippen molar-refractivity contribution in [3.8, 4) is 16.2 Å². The third kappa shape index (κ3) is 3.46. The van der Waals surface area contributed by atoms with E-state index in [1.807, 2.05) is 17.5 Å². The van der Waals surface area contributed by atoms with Crippen molar-refractivity contribution in [2.75, 3.05) is 17.2 Å². The molecule has 1 atom stereocenters. The highest BCUT2D eigenvalue weighted by molar-refractivity contribution is 7.17. The van der Waals surface area contributed by atoms with Crippen LogP contribution < -0.4 is 15.4 Å². The lowest BCUT2D eigenvalue weighted by atomic mass is 10.0. The molecule has 0 fully saturated rings. The summed E-state index contributed by atoms with van der Waals surface area (Å²) in [4.78, 5) is 39.3. The predicted molar refractivity (Wildman–Crippen MR) is 116 cm³/mol. The third-order valence-corrected chi connectivity index (χ3v) is 6.40. The van der Waals surface area contributed by atoms with Crippen molar-refractivity contribution in [1.29, 1.82) is 0 Å². The SMILES string of the molecule is CCOC(=O)c1c(-c2cccs2)csc1NC(=O)C1(C)Oc2ccccc2NC1=O. The topological polar surface area (TPSA) is 93.7 Å². The van der Waals surface area contributed by atoms with Gasteiger partial charge in [-0.15, -0.1) is 22.7 Å². The number of hydrogen-bond donors (Lipinski definition) is 2. The fourth-order valence-electron chi connectivity index (χ4n) is 3.01. The summed E-state index contributed by atoms with van der Waals surface area (Å²) < 4.78 is 11.0. The molecule has 3 aromatic rings. The molecule has 0 radical (unpaired) electrons. The first-order chi connectivity index (χ1) is 14.4. The number of esters is 1. The number of benzene rings is 1. The minimum Gasteiger partial charge on any atom is -0.466 e. The Morgan fingerprint density at radius 2 is 2.00 bits per heavy atom. The summed E-state index contributed by atoms with van der Waals surface area (Å²) in [7, 11) is 0. The van der Waals surface area contributed by atoms with E-state index in [1.54, 1.807) is 36.6 Å². The van der Waals surface area contributed by atoms with Crippen molar-refractivity contribution in [1.82, 2.24) is 0 Å². The van der Waals surface area contributed by atoms with Crippen LogP contribution in [0.3, 0.4) is 0 Å². The summed E-state index contributed by atoms with van der Waals surface area (Å²) in [5.74, 6) is -1.42. The Bertz CT molecular complexity index is 1120. The monoisotopic (exact) mass is 442 g/mol. The molecule has 4 rings (SSSR count). The molecule has 2 amide bonds. The Labute approximate surface area is 180 Å². The highest BCUT2D eigenvalue weighted by Crippen LogP contribution is 2.39. The van der Waals surface area contributed by atoms with Crippen LogP contribution in [0.4, 0.5) is 10.7 Å². The highest BCUT2D eigenvalue weighted by atomic mass is 32.1. The van der Waals surface area contributed by atoms with E-state index in [2.05, 4.69) is 10.6 Å². The number of amides is 2. The second-order valence-electron chi connectivity index (χ2n) is 6.59. The molecule has 2 aromatic heterocycles. The van der Waals surface area contributed by atoms with Crippen LogP contribution in [0.1, 0.15) is 24.2 Å². The Morgan fingerprint density at radius 1 is 1.20 bits per heavy atom. The van der Waals surface area contributed by atoms with Crippen LogP contribution in [-0.4, -0.2) is 30.0 Å². The van der Waals surface area contributed by atoms with Gasteiger partial charge in [0.2, 0.25) is 0 Å². The molecule has 9 heteroatoms. The van der Waals surface area contributed by atoms with Crippen LogP contribution in [-0.2, 0) is 14.3 Å². The van der Waals surface area contributed by atoms with Crippen molar-refractivity contribution in [3.63, 3.8) is 0 Å². The van der Waals surface area contributed by atoms with Gasteiger partial charge in [-0.2, -0.15) is 0 Å². The van der Waals surface area contributed by atoms with E-state index < -0.39 is 23.4 Å². The first-order valence-corrected chi connectivity index (χ1v) is 10.9. The van der Waals surface area contributed by atoms with E-state index in [9.17, 15) is 14.4 Å². The molecule has 3 heterocycles. The normalized spacial score (nSPS) is 17.5. The van der Waals surface area contributed by atoms with Gasteiger partial charge in [0.05, 0.1) is 12.3 Å². The number of thiophene rings is 2. The Morgan fingerprint density at radius 3 is 2.73 bits per heavy atom. The van der Waals surface area contributed by atoms with Crippen molar-refractivity contribution < 1.29 is 23.9 Å². The lowest BCUT2D eigenvalue weighted by Gasteiger charge is -2.33. The van der Waals surface area contributed by atoms with Crippen LogP contribution in [0.15, 0.2) is 47.2 Å². The molecule has 1 aliphatic rings. The number of rotatable bonds is 5. The van der Waals surface area contributed by atoms with E-state index in [4.69, 9.17) is 9.47 Å². The number of para-hydroxylation sites is 2. The maximum absolute atomic E-state index is 13.1. The largest absolute Gasteiger partial charge is 0.466 e. The summed E-state index contributed by atoms with van der Waals surface area (Å²) in [6, 6.07) is 10.6. The molecule has 0 saturated carbocycles. The van der Waals surface area contributed by atoms with Gasteiger partial charge in [0.25, 0.3) is 17.4 Å². The van der Waals surface area contributed by atoms with Gasteiger partial charge in [-0.1, -0.05) is 18.2 Å². The minimum absolute atomic E-state index is 0.200. The zero-order valence-corrected chi connectivity index (χ0v) is 17.8. The zero-order valence-electron chi connectivity index (χ0n) is 16.2. The smallest absolute Gasteiger partial charge is 0.341 e. The standard InChI is InChI=1S/C21H18N2O5S2/c1-3-27-18(24)16-12(15-9-6-10-29-15)11-30-17(16)23-20(26)21(2)19(25)22-13-7-4-5-8-14(13)28-21/h4-11H,3H2,1-2H3,(H,22,25)(H,23,26). The van der Waals surface area contributed by atoms with E-state index in [0.717, 1.165) is 4.88 Å².